The summed E-state index contributed by atoms with van der Waals surface area (Å²) < 4.78 is 5.72. The van der Waals surface area contributed by atoms with Gasteiger partial charge in [0.2, 0.25) is 0 Å². The van der Waals surface area contributed by atoms with E-state index in [-0.39, 0.29) is 18.2 Å². The normalized spacial score (nSPS) is 28.6. The lowest BCUT2D eigenvalue weighted by molar-refractivity contribution is 0.0147. The largest absolute Gasteiger partial charge is 0.373 e. The summed E-state index contributed by atoms with van der Waals surface area (Å²) in [6.07, 6.45) is 2.66. The van der Waals surface area contributed by atoms with E-state index < -0.39 is 0 Å². The number of amides is 2. The van der Waals surface area contributed by atoms with Gasteiger partial charge in [0.15, 0.2) is 0 Å². The van der Waals surface area contributed by atoms with Crippen LogP contribution in [0.25, 0.3) is 0 Å². The quantitative estimate of drug-likeness (QED) is 0.728. The van der Waals surface area contributed by atoms with Gasteiger partial charge in [-0.15, -0.1) is 0 Å². The number of carbonyl (C=O) groups is 1. The predicted molar refractivity (Wildman–Crippen MR) is 55.2 cm³/mol. The topological polar surface area (TPSA) is 41.6 Å². The molecule has 0 aromatic rings. The van der Waals surface area contributed by atoms with Crippen LogP contribution in [0.4, 0.5) is 4.79 Å². The molecule has 4 heteroatoms. The molecule has 0 saturated carbocycles. The molecule has 3 unspecified atom stereocenters. The van der Waals surface area contributed by atoms with Gasteiger partial charge < -0.3 is 15.0 Å². The number of hydrogen-bond donors (Lipinski definition) is 1. The Kier molecular flexibility index (Phi) is 3.75. The average Bonchev–Trinajstić information content (AvgIpc) is 2.61. The molecule has 0 bridgehead atoms. The van der Waals surface area contributed by atoms with Gasteiger partial charge in [0.25, 0.3) is 0 Å². The van der Waals surface area contributed by atoms with Crippen molar-refractivity contribution in [3.8, 4) is 0 Å². The predicted octanol–water partition coefficient (Wildman–Crippen LogP) is 1.21. The van der Waals surface area contributed by atoms with Crippen LogP contribution < -0.4 is 5.32 Å². The van der Waals surface area contributed by atoms with Crippen molar-refractivity contribution in [3.05, 3.63) is 0 Å². The maximum atomic E-state index is 11.4. The minimum absolute atomic E-state index is 0.0550. The summed E-state index contributed by atoms with van der Waals surface area (Å²) in [4.78, 5) is 13.0. The Morgan fingerprint density at radius 2 is 2.21 bits per heavy atom. The zero-order chi connectivity index (χ0) is 10.7. The highest BCUT2D eigenvalue weighted by Gasteiger charge is 2.30. The number of ether oxygens (including phenoxy) is 1. The van der Waals surface area contributed by atoms with Crippen molar-refractivity contribution in [2.24, 2.45) is 0 Å². The standard InChI is InChI=1S/C10H20N2O2/c1-7-5-6-9(14-7)8(2)12(4)10(13)11-3/h7-9H,5-6H2,1-4H3,(H,11,13). The van der Waals surface area contributed by atoms with Crippen LogP contribution in [0.15, 0.2) is 0 Å². The molecule has 0 aromatic carbocycles. The van der Waals surface area contributed by atoms with Crippen LogP contribution in [0.3, 0.4) is 0 Å². The van der Waals surface area contributed by atoms with Crippen LogP contribution in [-0.2, 0) is 4.74 Å². The van der Waals surface area contributed by atoms with Gasteiger partial charge in [0, 0.05) is 14.1 Å². The minimum Gasteiger partial charge on any atom is -0.373 e. The molecule has 1 rings (SSSR count). The zero-order valence-corrected chi connectivity index (χ0v) is 9.41. The second-order valence-electron chi connectivity index (χ2n) is 3.97. The molecule has 3 atom stereocenters. The van der Waals surface area contributed by atoms with E-state index in [9.17, 15) is 4.79 Å². The van der Waals surface area contributed by atoms with E-state index in [4.69, 9.17) is 4.74 Å². The smallest absolute Gasteiger partial charge is 0.317 e. The first-order valence-electron chi connectivity index (χ1n) is 5.16. The van der Waals surface area contributed by atoms with Crippen molar-refractivity contribution in [3.63, 3.8) is 0 Å². The van der Waals surface area contributed by atoms with Gasteiger partial charge in [0.05, 0.1) is 18.2 Å². The molecule has 1 aliphatic heterocycles. The van der Waals surface area contributed by atoms with Gasteiger partial charge in [-0.05, 0) is 26.7 Å². The van der Waals surface area contributed by atoms with E-state index in [2.05, 4.69) is 12.2 Å². The molecule has 0 radical (unpaired) electrons. The summed E-state index contributed by atoms with van der Waals surface area (Å²) in [5.41, 5.74) is 0. The number of urea groups is 1. The fourth-order valence-corrected chi connectivity index (χ4v) is 1.80. The minimum atomic E-state index is -0.0550. The Morgan fingerprint density at radius 3 is 2.64 bits per heavy atom. The van der Waals surface area contributed by atoms with Gasteiger partial charge in [-0.25, -0.2) is 4.79 Å². The van der Waals surface area contributed by atoms with Crippen molar-refractivity contribution in [2.45, 2.75) is 44.9 Å². The fourth-order valence-electron chi connectivity index (χ4n) is 1.80. The van der Waals surface area contributed by atoms with Crippen LogP contribution in [0, 0.1) is 0 Å². The molecule has 1 saturated heterocycles. The third-order valence-electron chi connectivity index (χ3n) is 2.95. The van der Waals surface area contributed by atoms with Crippen LogP contribution in [0.5, 0.6) is 0 Å². The highest BCUT2D eigenvalue weighted by atomic mass is 16.5. The summed E-state index contributed by atoms with van der Waals surface area (Å²) in [5.74, 6) is 0. The fraction of sp³-hybridized carbons (Fsp3) is 0.900. The molecule has 14 heavy (non-hydrogen) atoms. The number of likely N-dealkylation sites (N-methyl/N-ethyl adjacent to an activating group) is 1. The maximum Gasteiger partial charge on any atom is 0.317 e. The summed E-state index contributed by atoms with van der Waals surface area (Å²) in [5, 5.41) is 2.61. The number of nitrogens with zero attached hydrogens (tertiary/aromatic N) is 1. The molecule has 1 N–H and O–H groups in total. The van der Waals surface area contributed by atoms with Crippen LogP contribution in [0.2, 0.25) is 0 Å². The van der Waals surface area contributed by atoms with Gasteiger partial charge >= 0.3 is 6.03 Å². The van der Waals surface area contributed by atoms with E-state index in [1.807, 2.05) is 6.92 Å². The molecule has 4 nitrogen and oxygen atoms in total. The van der Waals surface area contributed by atoms with Crippen molar-refractivity contribution in [2.75, 3.05) is 14.1 Å². The highest BCUT2D eigenvalue weighted by molar-refractivity contribution is 5.73. The van der Waals surface area contributed by atoms with E-state index in [1.165, 1.54) is 0 Å². The van der Waals surface area contributed by atoms with Crippen molar-refractivity contribution in [1.29, 1.82) is 0 Å². The monoisotopic (exact) mass is 200 g/mol. The first kappa shape index (κ1) is 11.3. The first-order chi connectivity index (χ1) is 6.56. The Labute approximate surface area is 85.6 Å². The Bertz CT molecular complexity index is 208. The van der Waals surface area contributed by atoms with E-state index in [1.54, 1.807) is 19.0 Å². The highest BCUT2D eigenvalue weighted by Crippen LogP contribution is 2.23. The zero-order valence-electron chi connectivity index (χ0n) is 9.41. The molecule has 1 heterocycles. The molecule has 0 spiro atoms. The average molecular weight is 200 g/mol. The number of rotatable bonds is 2. The summed E-state index contributed by atoms with van der Waals surface area (Å²) in [6, 6.07) is 0.0838. The third kappa shape index (κ3) is 2.38. The lowest BCUT2D eigenvalue weighted by Gasteiger charge is -2.29. The van der Waals surface area contributed by atoms with E-state index in [0.717, 1.165) is 12.8 Å². The number of carbonyl (C=O) groups excluding carboxylic acids is 1. The molecule has 2 amide bonds. The molecule has 1 fully saturated rings. The Hall–Kier alpha value is -0.770. The lowest BCUT2D eigenvalue weighted by atomic mass is 10.1. The number of hydrogen-bond acceptors (Lipinski definition) is 2. The first-order valence-corrected chi connectivity index (χ1v) is 5.16. The van der Waals surface area contributed by atoms with Gasteiger partial charge in [-0.3, -0.25) is 0 Å². The van der Waals surface area contributed by atoms with Gasteiger partial charge in [-0.1, -0.05) is 0 Å². The van der Waals surface area contributed by atoms with E-state index in [0.29, 0.717) is 6.10 Å². The summed E-state index contributed by atoms with van der Waals surface area (Å²) in [6.45, 7) is 4.10. The molecule has 0 aliphatic carbocycles. The van der Waals surface area contributed by atoms with E-state index >= 15 is 0 Å². The second kappa shape index (κ2) is 4.64. The van der Waals surface area contributed by atoms with Crippen LogP contribution in [-0.4, -0.2) is 43.3 Å². The molecule has 82 valence electrons. The second-order valence-corrected chi connectivity index (χ2v) is 3.97. The molecule has 1 aliphatic rings. The SMILES string of the molecule is CNC(=O)N(C)C(C)C1CCC(C)O1. The van der Waals surface area contributed by atoms with Crippen LogP contribution >= 0.6 is 0 Å². The summed E-state index contributed by atoms with van der Waals surface area (Å²) in [7, 11) is 3.44. The van der Waals surface area contributed by atoms with Crippen molar-refractivity contribution < 1.29 is 9.53 Å². The van der Waals surface area contributed by atoms with Gasteiger partial charge in [-0.2, -0.15) is 0 Å². The summed E-state index contributed by atoms with van der Waals surface area (Å²) >= 11 is 0. The van der Waals surface area contributed by atoms with Gasteiger partial charge in [0.1, 0.15) is 0 Å². The van der Waals surface area contributed by atoms with Crippen molar-refractivity contribution in [1.82, 2.24) is 10.2 Å². The Balaban J connectivity index is 2.48. The van der Waals surface area contributed by atoms with Crippen LogP contribution in [0.1, 0.15) is 26.7 Å². The number of nitrogens with one attached hydrogen (secondary N) is 1. The molecular weight excluding hydrogens is 180 g/mol. The third-order valence-corrected chi connectivity index (χ3v) is 2.95. The Morgan fingerprint density at radius 1 is 1.57 bits per heavy atom. The maximum absolute atomic E-state index is 11.4. The molecule has 0 aromatic heterocycles. The lowest BCUT2D eigenvalue weighted by Crippen LogP contribution is -2.46. The van der Waals surface area contributed by atoms with Crippen molar-refractivity contribution >= 4 is 6.03 Å². The molecular formula is C10H20N2O2.